The molecule has 1 atom stereocenters. The van der Waals surface area contributed by atoms with E-state index in [1.165, 1.54) is 5.56 Å². The summed E-state index contributed by atoms with van der Waals surface area (Å²) in [7, 11) is 3.66. The van der Waals surface area contributed by atoms with Gasteiger partial charge in [0, 0.05) is 39.6 Å². The monoisotopic (exact) mass is 303 g/mol. The van der Waals surface area contributed by atoms with Crippen molar-refractivity contribution in [3.63, 3.8) is 0 Å². The summed E-state index contributed by atoms with van der Waals surface area (Å²) in [5.74, 6) is -0.0734. The van der Waals surface area contributed by atoms with Crippen molar-refractivity contribution in [2.45, 2.75) is 19.9 Å². The van der Waals surface area contributed by atoms with Gasteiger partial charge in [0.05, 0.1) is 5.92 Å². The summed E-state index contributed by atoms with van der Waals surface area (Å²) >= 11 is 0. The van der Waals surface area contributed by atoms with Crippen LogP contribution in [0, 0.1) is 12.8 Å². The van der Waals surface area contributed by atoms with Crippen LogP contribution in [0.3, 0.4) is 0 Å². The zero-order valence-corrected chi connectivity index (χ0v) is 13.6. The van der Waals surface area contributed by atoms with Gasteiger partial charge in [-0.1, -0.05) is 29.8 Å². The Labute approximate surface area is 132 Å². The van der Waals surface area contributed by atoms with Crippen LogP contribution in [0.2, 0.25) is 0 Å². The third-order valence-electron chi connectivity index (χ3n) is 4.13. The second-order valence-corrected chi connectivity index (χ2v) is 6.02. The Balaban J connectivity index is 1.92. The van der Waals surface area contributed by atoms with E-state index in [4.69, 9.17) is 0 Å². The summed E-state index contributed by atoms with van der Waals surface area (Å²) in [6, 6.07) is 8.17. The third kappa shape index (κ3) is 4.07. The molecule has 1 heterocycles. The molecule has 5 heteroatoms. The van der Waals surface area contributed by atoms with Crippen molar-refractivity contribution in [2.24, 2.45) is 5.92 Å². The second kappa shape index (κ2) is 7.40. The van der Waals surface area contributed by atoms with Crippen molar-refractivity contribution in [3.8, 4) is 0 Å². The molecule has 1 aromatic carbocycles. The summed E-state index contributed by atoms with van der Waals surface area (Å²) in [4.78, 5) is 28.0. The average Bonchev–Trinajstić information content (AvgIpc) is 2.87. The summed E-state index contributed by atoms with van der Waals surface area (Å²) in [5.41, 5.74) is 2.31. The van der Waals surface area contributed by atoms with Crippen molar-refractivity contribution in [2.75, 3.05) is 33.7 Å². The summed E-state index contributed by atoms with van der Waals surface area (Å²) in [6.45, 7) is 4.58. The van der Waals surface area contributed by atoms with Gasteiger partial charge in [0.2, 0.25) is 11.8 Å². The number of likely N-dealkylation sites (tertiary alicyclic amines) is 1. The number of carbonyl (C=O) groups is 2. The molecule has 22 heavy (non-hydrogen) atoms. The van der Waals surface area contributed by atoms with Crippen molar-refractivity contribution in [1.82, 2.24) is 15.1 Å². The molecule has 0 saturated carbocycles. The lowest BCUT2D eigenvalue weighted by Crippen LogP contribution is -2.38. The maximum absolute atomic E-state index is 12.4. The molecule has 1 aromatic rings. The fraction of sp³-hybridized carbons (Fsp3) is 0.529. The minimum Gasteiger partial charge on any atom is -0.344 e. The molecule has 0 radical (unpaired) electrons. The fourth-order valence-corrected chi connectivity index (χ4v) is 2.71. The topological polar surface area (TPSA) is 52.7 Å². The Morgan fingerprint density at radius 2 is 2.05 bits per heavy atom. The molecule has 2 amide bonds. The van der Waals surface area contributed by atoms with Crippen LogP contribution in [0.4, 0.5) is 0 Å². The number of nitrogens with zero attached hydrogens (tertiary/aromatic N) is 2. The third-order valence-corrected chi connectivity index (χ3v) is 4.13. The van der Waals surface area contributed by atoms with E-state index in [0.29, 0.717) is 26.1 Å². The minimum atomic E-state index is -0.209. The van der Waals surface area contributed by atoms with E-state index in [0.717, 1.165) is 12.1 Å². The van der Waals surface area contributed by atoms with Crippen LogP contribution >= 0.6 is 0 Å². The van der Waals surface area contributed by atoms with E-state index in [-0.39, 0.29) is 17.7 Å². The van der Waals surface area contributed by atoms with Gasteiger partial charge in [0.1, 0.15) is 0 Å². The van der Waals surface area contributed by atoms with E-state index >= 15 is 0 Å². The first-order valence-electron chi connectivity index (χ1n) is 7.74. The van der Waals surface area contributed by atoms with E-state index < -0.39 is 0 Å². The van der Waals surface area contributed by atoms with Gasteiger partial charge in [-0.15, -0.1) is 0 Å². The molecule has 5 nitrogen and oxygen atoms in total. The zero-order valence-electron chi connectivity index (χ0n) is 13.6. The van der Waals surface area contributed by atoms with Crippen molar-refractivity contribution in [3.05, 3.63) is 35.4 Å². The first kappa shape index (κ1) is 16.5. The molecule has 2 rings (SSSR count). The summed E-state index contributed by atoms with van der Waals surface area (Å²) in [5, 5.41) is 3.03. The highest BCUT2D eigenvalue weighted by Gasteiger charge is 2.35. The van der Waals surface area contributed by atoms with E-state index in [1.807, 2.05) is 38.2 Å². The Kier molecular flexibility index (Phi) is 5.55. The SMILES string of the molecule is CNCCN(C)C(=O)C1CC(=O)N(Cc2ccc(C)cc2)C1. The second-order valence-electron chi connectivity index (χ2n) is 6.02. The number of nitrogens with one attached hydrogen (secondary N) is 1. The highest BCUT2D eigenvalue weighted by Crippen LogP contribution is 2.22. The van der Waals surface area contributed by atoms with Gasteiger partial charge in [0.15, 0.2) is 0 Å². The van der Waals surface area contributed by atoms with Gasteiger partial charge in [-0.2, -0.15) is 0 Å². The fourth-order valence-electron chi connectivity index (χ4n) is 2.71. The Morgan fingerprint density at radius 1 is 1.36 bits per heavy atom. The number of hydrogen-bond acceptors (Lipinski definition) is 3. The molecule has 1 saturated heterocycles. The van der Waals surface area contributed by atoms with Crippen LogP contribution in [0.25, 0.3) is 0 Å². The number of amides is 2. The van der Waals surface area contributed by atoms with Crippen LogP contribution in [0.1, 0.15) is 17.5 Å². The smallest absolute Gasteiger partial charge is 0.227 e. The molecule has 0 bridgehead atoms. The molecule has 1 aliphatic heterocycles. The molecule has 1 aliphatic rings. The average molecular weight is 303 g/mol. The van der Waals surface area contributed by atoms with E-state index in [1.54, 1.807) is 16.8 Å². The Morgan fingerprint density at radius 3 is 2.68 bits per heavy atom. The molecule has 120 valence electrons. The molecule has 1 fully saturated rings. The first-order valence-corrected chi connectivity index (χ1v) is 7.74. The Bertz CT molecular complexity index is 527. The van der Waals surface area contributed by atoms with Crippen LogP contribution in [0.5, 0.6) is 0 Å². The lowest BCUT2D eigenvalue weighted by Gasteiger charge is -2.21. The molecule has 0 aromatic heterocycles. The van der Waals surface area contributed by atoms with Gasteiger partial charge >= 0.3 is 0 Å². The molecule has 1 N–H and O–H groups in total. The number of carbonyl (C=O) groups excluding carboxylic acids is 2. The number of rotatable bonds is 6. The van der Waals surface area contributed by atoms with Crippen molar-refractivity contribution < 1.29 is 9.59 Å². The highest BCUT2D eigenvalue weighted by atomic mass is 16.2. The normalized spacial score (nSPS) is 17.9. The number of hydrogen-bond donors (Lipinski definition) is 1. The van der Waals surface area contributed by atoms with Gasteiger partial charge in [-0.05, 0) is 19.5 Å². The van der Waals surface area contributed by atoms with Crippen LogP contribution in [-0.2, 0) is 16.1 Å². The number of aryl methyl sites for hydroxylation is 1. The van der Waals surface area contributed by atoms with Crippen molar-refractivity contribution in [1.29, 1.82) is 0 Å². The number of benzene rings is 1. The largest absolute Gasteiger partial charge is 0.344 e. The summed E-state index contributed by atoms with van der Waals surface area (Å²) in [6.07, 6.45) is 0.328. The molecule has 0 spiro atoms. The predicted molar refractivity (Wildman–Crippen MR) is 86.3 cm³/mol. The van der Waals surface area contributed by atoms with E-state index in [9.17, 15) is 9.59 Å². The van der Waals surface area contributed by atoms with Gasteiger partial charge < -0.3 is 15.1 Å². The minimum absolute atomic E-state index is 0.0648. The highest BCUT2D eigenvalue weighted by molar-refractivity contribution is 5.89. The number of likely N-dealkylation sites (N-methyl/N-ethyl adjacent to an activating group) is 2. The summed E-state index contributed by atoms with van der Waals surface area (Å²) < 4.78 is 0. The Hall–Kier alpha value is -1.88. The quantitative estimate of drug-likeness (QED) is 0.854. The van der Waals surface area contributed by atoms with Gasteiger partial charge in [-0.3, -0.25) is 9.59 Å². The lowest BCUT2D eigenvalue weighted by molar-refractivity contribution is -0.134. The molecular formula is C17H25N3O2. The van der Waals surface area contributed by atoms with Crippen LogP contribution in [-0.4, -0.2) is 55.3 Å². The lowest BCUT2D eigenvalue weighted by atomic mass is 10.1. The molecule has 0 aliphatic carbocycles. The van der Waals surface area contributed by atoms with Gasteiger partial charge in [-0.25, -0.2) is 0 Å². The van der Waals surface area contributed by atoms with Gasteiger partial charge in [0.25, 0.3) is 0 Å². The predicted octanol–water partition coefficient (Wildman–Crippen LogP) is 1.02. The molecular weight excluding hydrogens is 278 g/mol. The van der Waals surface area contributed by atoms with Crippen LogP contribution < -0.4 is 5.32 Å². The van der Waals surface area contributed by atoms with Crippen molar-refractivity contribution >= 4 is 11.8 Å². The first-order chi connectivity index (χ1) is 10.5. The van der Waals surface area contributed by atoms with Crippen LogP contribution in [0.15, 0.2) is 24.3 Å². The maximum atomic E-state index is 12.4. The maximum Gasteiger partial charge on any atom is 0.227 e. The van der Waals surface area contributed by atoms with E-state index in [2.05, 4.69) is 5.32 Å². The standard InChI is InChI=1S/C17H25N3O2/c1-13-4-6-14(7-5-13)11-20-12-15(10-16(20)21)17(22)19(3)9-8-18-2/h4-7,15,18H,8-12H2,1-3H3. The molecule has 1 unspecified atom stereocenters. The zero-order chi connectivity index (χ0) is 16.1.